The van der Waals surface area contributed by atoms with Gasteiger partial charge in [0, 0.05) is 67.9 Å². The van der Waals surface area contributed by atoms with Crippen LogP contribution in [0.5, 0.6) is 5.75 Å². The Balaban J connectivity index is 0.00000666. The van der Waals surface area contributed by atoms with E-state index in [1.165, 1.54) is 54.6 Å². The van der Waals surface area contributed by atoms with Crippen molar-refractivity contribution < 1.29 is 57.0 Å². The van der Waals surface area contributed by atoms with Gasteiger partial charge in [0.2, 0.25) is 0 Å². The maximum atomic E-state index is 12.7. The number of phenolic OH excluding ortho intramolecular Hbond substituents is 1. The number of phenols is 1. The third kappa shape index (κ3) is 10.7. The van der Waals surface area contributed by atoms with Crippen molar-refractivity contribution in [1.82, 2.24) is 0 Å². The zero-order chi connectivity index (χ0) is 47.2. The molecule has 25 heteroatoms. The van der Waals surface area contributed by atoms with Crippen molar-refractivity contribution in [2.24, 2.45) is 30.7 Å². The number of rotatable bonds is 12. The SMILES string of the molecule is O=S(=O)(O)c1cccc(N=Nc2ccc(N=Nc3ccc(N=Nc4c(S(=O)(=O)O)cc5cc(Nc6ccccc6)ccc5c4O)c4ccc(S(=O)(=O)O)cc34)c3ccc(S(=O)(=O)O)cc23)c1.[Na]. The Labute approximate surface area is 402 Å². The number of benzene rings is 8. The van der Waals surface area contributed by atoms with Crippen LogP contribution in [0.2, 0.25) is 0 Å². The van der Waals surface area contributed by atoms with Crippen molar-refractivity contribution in [1.29, 1.82) is 0 Å². The molecule has 8 rings (SSSR count). The molecule has 0 bridgehead atoms. The second kappa shape index (κ2) is 18.7. The van der Waals surface area contributed by atoms with Crippen LogP contribution < -0.4 is 5.32 Å². The fraction of sp³-hybridized carbons (Fsp3) is 0. The molecule has 335 valence electrons. The average Bonchev–Trinajstić information content (AvgIpc) is 3.26. The quantitative estimate of drug-likeness (QED) is 0.0377. The van der Waals surface area contributed by atoms with E-state index in [0.717, 1.165) is 48.2 Å². The zero-order valence-electron chi connectivity index (χ0n) is 34.1. The predicted octanol–water partition coefficient (Wildman–Crippen LogP) is 10.4. The molecule has 1 radical (unpaired) electrons. The molecule has 67 heavy (non-hydrogen) atoms. The Morgan fingerprint density at radius 3 is 1.39 bits per heavy atom. The predicted molar refractivity (Wildman–Crippen MR) is 247 cm³/mol. The van der Waals surface area contributed by atoms with E-state index < -0.39 is 71.5 Å². The normalized spacial score (nSPS) is 12.7. The molecule has 0 saturated heterocycles. The van der Waals surface area contributed by atoms with Gasteiger partial charge in [-0.3, -0.25) is 18.2 Å². The molecular weight excluding hydrogens is 962 g/mol. The molecule has 0 saturated carbocycles. The van der Waals surface area contributed by atoms with E-state index in [0.29, 0.717) is 5.69 Å². The summed E-state index contributed by atoms with van der Waals surface area (Å²) in [4.78, 5) is -2.30. The molecule has 0 spiro atoms. The van der Waals surface area contributed by atoms with Gasteiger partial charge in [-0.1, -0.05) is 36.4 Å². The molecule has 8 aromatic rings. The molecule has 0 unspecified atom stereocenters. The molecule has 0 aliphatic carbocycles. The fourth-order valence-corrected chi connectivity index (χ4v) is 8.89. The number of nitrogens with zero attached hydrogens (tertiary/aromatic N) is 6. The van der Waals surface area contributed by atoms with Crippen LogP contribution in [0.25, 0.3) is 32.3 Å². The molecule has 6 N–H and O–H groups in total. The summed E-state index contributed by atoms with van der Waals surface area (Å²) in [5, 5.41) is 40.3. The molecule has 8 aromatic carbocycles. The topological polar surface area (TPSA) is 324 Å². The number of fused-ring (bicyclic) bond motifs is 3. The van der Waals surface area contributed by atoms with Gasteiger partial charge in [-0.2, -0.15) is 38.8 Å². The summed E-state index contributed by atoms with van der Waals surface area (Å²) < 4.78 is 137. The minimum Gasteiger partial charge on any atom is -0.505 e. The first-order valence-electron chi connectivity index (χ1n) is 18.6. The number of nitrogens with one attached hydrogen (secondary N) is 1. The van der Waals surface area contributed by atoms with Gasteiger partial charge in [0.25, 0.3) is 40.5 Å². The van der Waals surface area contributed by atoms with Gasteiger partial charge in [-0.15, -0.1) is 25.6 Å². The first-order valence-corrected chi connectivity index (χ1v) is 24.4. The number of azo groups is 3. The van der Waals surface area contributed by atoms with Crippen molar-refractivity contribution in [3.8, 4) is 5.75 Å². The van der Waals surface area contributed by atoms with E-state index >= 15 is 0 Å². The number of aromatic hydroxyl groups is 1. The number of hydrogen-bond donors (Lipinski definition) is 6. The van der Waals surface area contributed by atoms with Crippen molar-refractivity contribution in [2.45, 2.75) is 19.6 Å². The summed E-state index contributed by atoms with van der Waals surface area (Å²) in [6, 6.07) is 32.1. The minimum absolute atomic E-state index is 0. The van der Waals surface area contributed by atoms with E-state index in [1.54, 1.807) is 12.1 Å². The summed E-state index contributed by atoms with van der Waals surface area (Å²) in [5.41, 5.74) is 0.765. The number of anilines is 2. The summed E-state index contributed by atoms with van der Waals surface area (Å²) in [6.45, 7) is 0. The van der Waals surface area contributed by atoms with Crippen LogP contribution >= 0.6 is 0 Å². The summed E-state index contributed by atoms with van der Waals surface area (Å²) in [6.07, 6.45) is 0. The summed E-state index contributed by atoms with van der Waals surface area (Å²) >= 11 is 0. The molecular formula is C42H29N7NaO13S4. The van der Waals surface area contributed by atoms with E-state index in [9.17, 15) is 57.0 Å². The molecule has 0 heterocycles. The largest absolute Gasteiger partial charge is 0.505 e. The molecule has 0 fully saturated rings. The van der Waals surface area contributed by atoms with Gasteiger partial charge in [-0.05, 0) is 109 Å². The van der Waals surface area contributed by atoms with Crippen LogP contribution in [-0.4, -0.2) is 86.5 Å². The van der Waals surface area contributed by atoms with E-state index in [2.05, 4.69) is 36.0 Å². The monoisotopic (exact) mass is 990 g/mol. The van der Waals surface area contributed by atoms with Crippen LogP contribution in [0.3, 0.4) is 0 Å². The van der Waals surface area contributed by atoms with E-state index in [4.69, 9.17) is 0 Å². The van der Waals surface area contributed by atoms with Crippen molar-refractivity contribution in [2.75, 3.05) is 5.32 Å². The van der Waals surface area contributed by atoms with Crippen molar-refractivity contribution in [3.63, 3.8) is 0 Å². The van der Waals surface area contributed by atoms with Gasteiger partial charge in [0.05, 0.1) is 43.1 Å². The van der Waals surface area contributed by atoms with Crippen LogP contribution in [0, 0.1) is 0 Å². The maximum Gasteiger partial charge on any atom is 0.296 e. The van der Waals surface area contributed by atoms with Crippen LogP contribution in [0.15, 0.2) is 190 Å². The Bertz CT molecular complexity index is 3880. The average molecular weight is 991 g/mol. The van der Waals surface area contributed by atoms with Gasteiger partial charge < -0.3 is 10.4 Å². The minimum atomic E-state index is -5.02. The van der Waals surface area contributed by atoms with Gasteiger partial charge >= 0.3 is 0 Å². The molecule has 0 aliphatic heterocycles. The van der Waals surface area contributed by atoms with Crippen molar-refractivity contribution in [3.05, 3.63) is 140 Å². The third-order valence-corrected chi connectivity index (χ3v) is 13.2. The van der Waals surface area contributed by atoms with E-state index in [-0.39, 0.29) is 90.3 Å². The summed E-state index contributed by atoms with van der Waals surface area (Å²) in [7, 11) is -19.1. The van der Waals surface area contributed by atoms with Gasteiger partial charge in [0.15, 0.2) is 5.75 Å². The Kier molecular flexibility index (Phi) is 13.5. The Hall–Kier alpha value is -6.42. The second-order valence-electron chi connectivity index (χ2n) is 14.1. The third-order valence-electron chi connectivity index (χ3n) is 9.78. The first kappa shape index (κ1) is 48.5. The van der Waals surface area contributed by atoms with E-state index in [1.807, 2.05) is 30.3 Å². The van der Waals surface area contributed by atoms with Gasteiger partial charge in [-0.25, -0.2) is 0 Å². The Morgan fingerprint density at radius 2 is 0.866 bits per heavy atom. The zero-order valence-corrected chi connectivity index (χ0v) is 39.4. The maximum absolute atomic E-state index is 12.7. The number of hydrogen-bond acceptors (Lipinski definition) is 16. The molecule has 0 aromatic heterocycles. The fourth-order valence-electron chi connectivity index (χ4n) is 6.70. The first-order chi connectivity index (χ1) is 31.1. The molecule has 20 nitrogen and oxygen atoms in total. The van der Waals surface area contributed by atoms with Crippen LogP contribution in [-0.2, 0) is 40.5 Å². The molecule has 0 aliphatic rings. The second-order valence-corrected chi connectivity index (χ2v) is 19.8. The van der Waals surface area contributed by atoms with Crippen LogP contribution in [0.1, 0.15) is 0 Å². The van der Waals surface area contributed by atoms with Crippen LogP contribution in [0.4, 0.5) is 45.5 Å². The smallest absolute Gasteiger partial charge is 0.296 e. The molecule has 0 amide bonds. The Morgan fingerprint density at radius 1 is 0.388 bits per heavy atom. The standard InChI is InChI=1S/C42H29N7O13S4.Na/c50-42-31-12-9-26(43-25-5-2-1-3-6-25)19-24(31)20-40(66(60,61)62)41(42)49-48-37-16-18-39(35-23-30(65(57,58)59)11-14-33(35)37)47-46-36-15-17-38(34-22-29(64(54,55)56)10-13-32(34)36)45-44-27-7-4-8-28(21-27)63(51,52)53;/h1-23,43,50H,(H,51,52,53)(H,54,55,56)(H,57,58,59)(H,60,61,62);. The van der Waals surface area contributed by atoms with Crippen molar-refractivity contribution >= 4 is 148 Å². The van der Waals surface area contributed by atoms with Gasteiger partial charge in [0.1, 0.15) is 10.6 Å². The molecule has 0 atom stereocenters. The number of para-hydroxylation sites is 1. The summed E-state index contributed by atoms with van der Waals surface area (Å²) in [5.74, 6) is -0.631.